The van der Waals surface area contributed by atoms with Crippen molar-refractivity contribution < 1.29 is 4.79 Å². The normalized spacial score (nSPS) is 10.4. The lowest BCUT2D eigenvalue weighted by atomic mass is 10.1. The third kappa shape index (κ3) is 3.95. The van der Waals surface area contributed by atoms with Gasteiger partial charge in [-0.3, -0.25) is 9.48 Å². The third-order valence-corrected chi connectivity index (χ3v) is 3.09. The molecular formula is C14H20N6O. The van der Waals surface area contributed by atoms with E-state index >= 15 is 0 Å². The van der Waals surface area contributed by atoms with Gasteiger partial charge >= 0.3 is 0 Å². The maximum Gasteiger partial charge on any atom is 0.251 e. The zero-order valence-corrected chi connectivity index (χ0v) is 12.3. The fourth-order valence-corrected chi connectivity index (χ4v) is 2.00. The molecule has 7 heteroatoms. The number of hydrogen-bond acceptors (Lipinski definition) is 5. The van der Waals surface area contributed by atoms with Gasteiger partial charge in [-0.05, 0) is 24.6 Å². The van der Waals surface area contributed by atoms with Gasteiger partial charge in [0, 0.05) is 38.9 Å². The zero-order valence-electron chi connectivity index (χ0n) is 12.3. The van der Waals surface area contributed by atoms with Crippen LogP contribution in [-0.2, 0) is 6.54 Å². The van der Waals surface area contributed by atoms with E-state index in [-0.39, 0.29) is 5.91 Å². The number of aryl methyl sites for hydroxylation is 1. The molecule has 0 aliphatic rings. The number of nitrogens with two attached hydrogens (primary N) is 1. The smallest absolute Gasteiger partial charge is 0.251 e. The Labute approximate surface area is 123 Å². The average Bonchev–Trinajstić information content (AvgIpc) is 2.96. The molecule has 0 atom stereocenters. The molecule has 0 aliphatic carbocycles. The number of nitrogens with one attached hydrogen (secondary N) is 1. The predicted molar refractivity (Wildman–Crippen MR) is 82.2 cm³/mol. The molecule has 1 amide bonds. The van der Waals surface area contributed by atoms with Crippen molar-refractivity contribution in [3.63, 3.8) is 0 Å². The van der Waals surface area contributed by atoms with Crippen LogP contribution in [0.3, 0.4) is 0 Å². The molecule has 0 saturated heterocycles. The van der Waals surface area contributed by atoms with Crippen molar-refractivity contribution in [2.45, 2.75) is 13.0 Å². The molecule has 1 heterocycles. The maximum absolute atomic E-state index is 12.0. The van der Waals surface area contributed by atoms with Crippen LogP contribution in [0.25, 0.3) is 0 Å². The number of rotatable bonds is 6. The molecule has 0 fully saturated rings. The Morgan fingerprint density at radius 2 is 2.24 bits per heavy atom. The highest BCUT2D eigenvalue weighted by Gasteiger charge is 2.08. The highest BCUT2D eigenvalue weighted by atomic mass is 16.1. The maximum atomic E-state index is 12.0. The number of nitrogen functional groups attached to an aromatic ring is 1. The zero-order chi connectivity index (χ0) is 15.2. The number of hydrogen-bond donors (Lipinski definition) is 2. The van der Waals surface area contributed by atoms with Crippen LogP contribution in [0.1, 0.15) is 16.8 Å². The number of nitrogens with zero attached hydrogens (tertiary/aromatic N) is 4. The first-order valence-electron chi connectivity index (χ1n) is 6.77. The van der Waals surface area contributed by atoms with Crippen LogP contribution in [0.4, 0.5) is 11.4 Å². The first kappa shape index (κ1) is 14.8. The minimum Gasteiger partial charge on any atom is -0.397 e. The Balaban J connectivity index is 1.84. The molecule has 0 unspecified atom stereocenters. The summed E-state index contributed by atoms with van der Waals surface area (Å²) in [5, 5.41) is 10.5. The van der Waals surface area contributed by atoms with Gasteiger partial charge in [0.1, 0.15) is 0 Å². The van der Waals surface area contributed by atoms with Crippen molar-refractivity contribution in [3.8, 4) is 0 Å². The van der Waals surface area contributed by atoms with Crippen molar-refractivity contribution in [3.05, 3.63) is 36.2 Å². The fourth-order valence-electron chi connectivity index (χ4n) is 2.00. The topological polar surface area (TPSA) is 89.1 Å². The minimum absolute atomic E-state index is 0.120. The summed E-state index contributed by atoms with van der Waals surface area (Å²) in [6.07, 6.45) is 4.22. The standard InChI is InChI=1S/C14H20N6O/c1-19(2)13-5-4-11(10-12(13)15)14(21)16-6-3-8-20-9-7-17-18-20/h4-5,7,9-10H,3,6,8,15H2,1-2H3,(H,16,21). The first-order chi connectivity index (χ1) is 10.1. The largest absolute Gasteiger partial charge is 0.397 e. The Hall–Kier alpha value is -2.57. The van der Waals surface area contributed by atoms with Gasteiger partial charge in [-0.25, -0.2) is 0 Å². The fraction of sp³-hybridized carbons (Fsp3) is 0.357. The number of benzene rings is 1. The predicted octanol–water partition coefficient (Wildman–Crippen LogP) is 0.746. The molecule has 21 heavy (non-hydrogen) atoms. The van der Waals surface area contributed by atoms with Gasteiger partial charge in [0.2, 0.25) is 0 Å². The van der Waals surface area contributed by atoms with Gasteiger partial charge in [-0.1, -0.05) is 5.21 Å². The number of amides is 1. The molecule has 0 bridgehead atoms. The van der Waals surface area contributed by atoms with Crippen molar-refractivity contribution in [2.75, 3.05) is 31.3 Å². The molecule has 7 nitrogen and oxygen atoms in total. The molecule has 0 aliphatic heterocycles. The van der Waals surface area contributed by atoms with Crippen LogP contribution in [-0.4, -0.2) is 41.5 Å². The SMILES string of the molecule is CN(C)c1ccc(C(=O)NCCCn2ccnn2)cc1N. The number of carbonyl (C=O) groups excluding carboxylic acids is 1. The van der Waals surface area contributed by atoms with Crippen LogP contribution in [0.2, 0.25) is 0 Å². The van der Waals surface area contributed by atoms with Crippen molar-refractivity contribution in [1.29, 1.82) is 0 Å². The summed E-state index contributed by atoms with van der Waals surface area (Å²) in [5.74, 6) is -0.120. The summed E-state index contributed by atoms with van der Waals surface area (Å²) in [7, 11) is 3.82. The summed E-state index contributed by atoms with van der Waals surface area (Å²) >= 11 is 0. The molecular weight excluding hydrogens is 268 g/mol. The number of anilines is 2. The molecule has 2 aromatic rings. The van der Waals surface area contributed by atoms with Crippen molar-refractivity contribution in [2.24, 2.45) is 0 Å². The number of aromatic nitrogens is 3. The summed E-state index contributed by atoms with van der Waals surface area (Å²) in [6, 6.07) is 5.32. The van der Waals surface area contributed by atoms with Gasteiger partial charge in [0.15, 0.2) is 0 Å². The summed E-state index contributed by atoms with van der Waals surface area (Å²) in [4.78, 5) is 13.9. The highest BCUT2D eigenvalue weighted by Crippen LogP contribution is 2.22. The second kappa shape index (κ2) is 6.74. The second-order valence-corrected chi connectivity index (χ2v) is 4.94. The molecule has 1 aromatic heterocycles. The Morgan fingerprint density at radius 3 is 2.86 bits per heavy atom. The summed E-state index contributed by atoms with van der Waals surface area (Å²) in [6.45, 7) is 1.30. The van der Waals surface area contributed by atoms with E-state index in [9.17, 15) is 4.79 Å². The van der Waals surface area contributed by atoms with E-state index in [1.165, 1.54) is 0 Å². The van der Waals surface area contributed by atoms with Crippen LogP contribution in [0, 0.1) is 0 Å². The molecule has 112 valence electrons. The van der Waals surface area contributed by atoms with Crippen LogP contribution in [0.5, 0.6) is 0 Å². The van der Waals surface area contributed by atoms with Gasteiger partial charge in [0.25, 0.3) is 5.91 Å². The van der Waals surface area contributed by atoms with Gasteiger partial charge in [-0.15, -0.1) is 5.10 Å². The lowest BCUT2D eigenvalue weighted by Gasteiger charge is -2.15. The highest BCUT2D eigenvalue weighted by molar-refractivity contribution is 5.96. The van der Waals surface area contributed by atoms with E-state index in [0.29, 0.717) is 17.8 Å². The first-order valence-corrected chi connectivity index (χ1v) is 6.77. The molecule has 0 spiro atoms. The van der Waals surface area contributed by atoms with Crippen molar-refractivity contribution >= 4 is 17.3 Å². The monoisotopic (exact) mass is 288 g/mol. The van der Waals surface area contributed by atoms with Gasteiger partial charge < -0.3 is 16.0 Å². The molecule has 1 aromatic carbocycles. The summed E-state index contributed by atoms with van der Waals surface area (Å²) < 4.78 is 1.73. The van der Waals surface area contributed by atoms with E-state index < -0.39 is 0 Å². The van der Waals surface area contributed by atoms with Crippen LogP contribution < -0.4 is 16.0 Å². The van der Waals surface area contributed by atoms with Gasteiger partial charge in [-0.2, -0.15) is 0 Å². The van der Waals surface area contributed by atoms with Crippen molar-refractivity contribution in [1.82, 2.24) is 20.3 Å². The van der Waals surface area contributed by atoms with E-state index in [2.05, 4.69) is 15.6 Å². The average molecular weight is 288 g/mol. The van der Waals surface area contributed by atoms with E-state index in [1.54, 1.807) is 29.2 Å². The van der Waals surface area contributed by atoms with E-state index in [1.807, 2.05) is 25.1 Å². The Bertz CT molecular complexity index is 594. The van der Waals surface area contributed by atoms with E-state index in [0.717, 1.165) is 18.7 Å². The van der Waals surface area contributed by atoms with Gasteiger partial charge in [0.05, 0.1) is 17.6 Å². The lowest BCUT2D eigenvalue weighted by Crippen LogP contribution is -2.25. The summed E-state index contributed by atoms with van der Waals surface area (Å²) in [5.41, 5.74) is 8.00. The second-order valence-electron chi connectivity index (χ2n) is 4.94. The van der Waals surface area contributed by atoms with E-state index in [4.69, 9.17) is 5.73 Å². The Morgan fingerprint density at radius 1 is 1.43 bits per heavy atom. The lowest BCUT2D eigenvalue weighted by molar-refractivity contribution is 0.0952. The molecule has 2 rings (SSSR count). The molecule has 0 saturated carbocycles. The number of carbonyl (C=O) groups is 1. The van der Waals surface area contributed by atoms with Crippen LogP contribution >= 0.6 is 0 Å². The molecule has 0 radical (unpaired) electrons. The minimum atomic E-state index is -0.120. The Kier molecular flexibility index (Phi) is 4.76. The molecule has 3 N–H and O–H groups in total. The quantitative estimate of drug-likeness (QED) is 0.604. The third-order valence-electron chi connectivity index (χ3n) is 3.09. The van der Waals surface area contributed by atoms with Crippen LogP contribution in [0.15, 0.2) is 30.6 Å².